The van der Waals surface area contributed by atoms with Crippen LogP contribution in [0.25, 0.3) is 17.1 Å². The third kappa shape index (κ3) is 5.42. The van der Waals surface area contributed by atoms with Crippen LogP contribution in [0.4, 0.5) is 0 Å². The Kier molecular flexibility index (Phi) is 7.06. The number of amides is 1. The summed E-state index contributed by atoms with van der Waals surface area (Å²) in [4.78, 5) is 12.3. The number of furan rings is 1. The van der Waals surface area contributed by atoms with E-state index in [1.165, 1.54) is 24.2 Å². The number of nitrogens with zero attached hydrogens (tertiary/aromatic N) is 4. The van der Waals surface area contributed by atoms with E-state index in [0.29, 0.717) is 16.7 Å². The van der Waals surface area contributed by atoms with Gasteiger partial charge >= 0.3 is 0 Å². The highest BCUT2D eigenvalue weighted by Gasteiger charge is 2.17. The Hall–Kier alpha value is -4.05. The van der Waals surface area contributed by atoms with Gasteiger partial charge in [0.2, 0.25) is 0 Å². The van der Waals surface area contributed by atoms with Crippen molar-refractivity contribution in [2.24, 2.45) is 5.10 Å². The van der Waals surface area contributed by atoms with Gasteiger partial charge in [-0.25, -0.2) is 5.43 Å². The first-order chi connectivity index (χ1) is 16.2. The summed E-state index contributed by atoms with van der Waals surface area (Å²) in [7, 11) is 3.23. The molecule has 33 heavy (non-hydrogen) atoms. The van der Waals surface area contributed by atoms with Gasteiger partial charge in [0.25, 0.3) is 5.91 Å². The molecule has 0 saturated heterocycles. The first-order valence-corrected chi connectivity index (χ1v) is 10.9. The monoisotopic (exact) mass is 463 g/mol. The quantitative estimate of drug-likeness (QED) is 0.229. The lowest BCUT2D eigenvalue weighted by molar-refractivity contribution is -0.118. The van der Waals surface area contributed by atoms with E-state index < -0.39 is 0 Å². The van der Waals surface area contributed by atoms with Crippen molar-refractivity contribution in [3.05, 3.63) is 72.7 Å². The number of nitrogens with one attached hydrogen (secondary N) is 1. The maximum atomic E-state index is 12.3. The molecule has 2 aromatic carbocycles. The van der Waals surface area contributed by atoms with E-state index in [1.54, 1.807) is 26.4 Å². The fraction of sp³-hybridized carbons (Fsp3) is 0.130. The van der Waals surface area contributed by atoms with Crippen LogP contribution in [0.2, 0.25) is 0 Å². The number of carbonyl (C=O) groups is 1. The highest BCUT2D eigenvalue weighted by Crippen LogP contribution is 2.29. The van der Waals surface area contributed by atoms with Crippen molar-refractivity contribution in [1.82, 2.24) is 20.2 Å². The Balaban J connectivity index is 1.56. The summed E-state index contributed by atoms with van der Waals surface area (Å²) in [5, 5.41) is 13.2. The van der Waals surface area contributed by atoms with Crippen LogP contribution in [-0.4, -0.2) is 46.9 Å². The Labute approximate surface area is 194 Å². The Morgan fingerprint density at radius 1 is 1.06 bits per heavy atom. The highest BCUT2D eigenvalue weighted by atomic mass is 32.2. The molecule has 0 aliphatic heterocycles. The number of carbonyl (C=O) groups excluding carboxylic acids is 1. The van der Waals surface area contributed by atoms with Crippen molar-refractivity contribution < 1.29 is 18.7 Å². The van der Waals surface area contributed by atoms with Gasteiger partial charge in [-0.2, -0.15) is 5.10 Å². The van der Waals surface area contributed by atoms with Crippen molar-refractivity contribution in [1.29, 1.82) is 0 Å². The lowest BCUT2D eigenvalue weighted by atomic mass is 10.2. The maximum absolute atomic E-state index is 12.3. The molecule has 168 valence electrons. The summed E-state index contributed by atoms with van der Waals surface area (Å²) in [6.45, 7) is 0. The number of aromatic nitrogens is 3. The molecule has 0 radical (unpaired) electrons. The third-order valence-corrected chi connectivity index (χ3v) is 5.50. The van der Waals surface area contributed by atoms with E-state index >= 15 is 0 Å². The van der Waals surface area contributed by atoms with Crippen LogP contribution in [-0.2, 0) is 4.79 Å². The van der Waals surface area contributed by atoms with Crippen LogP contribution in [0.3, 0.4) is 0 Å². The summed E-state index contributed by atoms with van der Waals surface area (Å²) in [5.74, 6) is 2.49. The molecule has 1 amide bonds. The van der Waals surface area contributed by atoms with Crippen LogP contribution in [0.5, 0.6) is 11.5 Å². The second-order valence-corrected chi connectivity index (χ2v) is 7.61. The van der Waals surface area contributed by atoms with Gasteiger partial charge in [-0.15, -0.1) is 10.2 Å². The normalized spacial score (nSPS) is 11.0. The van der Waals surface area contributed by atoms with E-state index in [0.717, 1.165) is 22.7 Å². The lowest BCUT2D eigenvalue weighted by Crippen LogP contribution is -2.19. The molecule has 2 aromatic heterocycles. The number of benzene rings is 2. The average Bonchev–Trinajstić information content (AvgIpc) is 3.53. The predicted octanol–water partition coefficient (Wildman–Crippen LogP) is 3.79. The Morgan fingerprint density at radius 2 is 1.76 bits per heavy atom. The molecule has 10 heteroatoms. The molecule has 0 saturated carbocycles. The van der Waals surface area contributed by atoms with Gasteiger partial charge < -0.3 is 13.9 Å². The SMILES string of the molecule is COc1ccc(-c2nnc(SCC(=O)N/N=C/c3ccco3)n2-c2ccc(OC)cc2)cc1. The van der Waals surface area contributed by atoms with Gasteiger partial charge in [-0.3, -0.25) is 9.36 Å². The van der Waals surface area contributed by atoms with Crippen LogP contribution < -0.4 is 14.9 Å². The summed E-state index contributed by atoms with van der Waals surface area (Å²) >= 11 is 1.26. The zero-order valence-corrected chi connectivity index (χ0v) is 18.8. The zero-order valence-electron chi connectivity index (χ0n) is 18.0. The van der Waals surface area contributed by atoms with E-state index in [4.69, 9.17) is 13.9 Å². The minimum atomic E-state index is -0.280. The van der Waals surface area contributed by atoms with Crippen molar-refractivity contribution in [3.8, 4) is 28.6 Å². The molecule has 9 nitrogen and oxygen atoms in total. The molecule has 0 unspecified atom stereocenters. The van der Waals surface area contributed by atoms with Crippen LogP contribution in [0.1, 0.15) is 5.76 Å². The van der Waals surface area contributed by atoms with Crippen molar-refractivity contribution in [2.75, 3.05) is 20.0 Å². The molecular weight excluding hydrogens is 442 g/mol. The number of hydrogen-bond donors (Lipinski definition) is 1. The molecule has 4 aromatic rings. The van der Waals surface area contributed by atoms with Gasteiger partial charge in [0.15, 0.2) is 11.0 Å². The number of rotatable bonds is 9. The maximum Gasteiger partial charge on any atom is 0.250 e. The Bertz CT molecular complexity index is 1220. The van der Waals surface area contributed by atoms with E-state index in [2.05, 4.69) is 20.7 Å². The van der Waals surface area contributed by atoms with Crippen molar-refractivity contribution in [2.45, 2.75) is 5.16 Å². The molecule has 2 heterocycles. The van der Waals surface area contributed by atoms with Gasteiger partial charge in [-0.05, 0) is 60.7 Å². The molecule has 0 spiro atoms. The van der Waals surface area contributed by atoms with E-state index in [-0.39, 0.29) is 11.7 Å². The van der Waals surface area contributed by atoms with Crippen LogP contribution >= 0.6 is 11.8 Å². The highest BCUT2D eigenvalue weighted by molar-refractivity contribution is 7.99. The number of thioether (sulfide) groups is 1. The summed E-state index contributed by atoms with van der Waals surface area (Å²) < 4.78 is 17.6. The van der Waals surface area contributed by atoms with Crippen LogP contribution in [0.15, 0.2) is 81.6 Å². The second kappa shape index (κ2) is 10.5. The van der Waals surface area contributed by atoms with Gasteiger partial charge in [0, 0.05) is 11.3 Å². The fourth-order valence-electron chi connectivity index (χ4n) is 2.95. The third-order valence-electron chi connectivity index (χ3n) is 4.57. The number of methoxy groups -OCH3 is 2. The van der Waals surface area contributed by atoms with Gasteiger partial charge in [0.1, 0.15) is 17.3 Å². The molecule has 0 atom stereocenters. The molecule has 0 aliphatic carbocycles. The Morgan fingerprint density at radius 3 is 2.39 bits per heavy atom. The molecule has 0 fully saturated rings. The minimum Gasteiger partial charge on any atom is -0.497 e. The largest absolute Gasteiger partial charge is 0.497 e. The molecule has 0 bridgehead atoms. The van der Waals surface area contributed by atoms with E-state index in [1.807, 2.05) is 53.1 Å². The number of hydrazone groups is 1. The van der Waals surface area contributed by atoms with E-state index in [9.17, 15) is 4.79 Å². The topological polar surface area (TPSA) is 104 Å². The standard InChI is InChI=1S/C23H21N5O4S/c1-30-18-9-5-16(6-10-18)22-26-27-23(28(22)17-7-11-19(31-2)12-8-17)33-15-21(29)25-24-14-20-4-3-13-32-20/h3-14H,15H2,1-2H3,(H,25,29)/b24-14+. The van der Waals surface area contributed by atoms with Crippen LogP contribution in [0, 0.1) is 0 Å². The second-order valence-electron chi connectivity index (χ2n) is 6.67. The minimum absolute atomic E-state index is 0.104. The molecule has 4 rings (SSSR count). The van der Waals surface area contributed by atoms with Crippen molar-refractivity contribution >= 4 is 23.9 Å². The molecular formula is C23H21N5O4S. The van der Waals surface area contributed by atoms with Crippen molar-refractivity contribution in [3.63, 3.8) is 0 Å². The smallest absolute Gasteiger partial charge is 0.250 e. The first kappa shape index (κ1) is 22.2. The predicted molar refractivity (Wildman–Crippen MR) is 125 cm³/mol. The number of ether oxygens (including phenoxy) is 2. The van der Waals surface area contributed by atoms with Gasteiger partial charge in [0.05, 0.1) is 32.5 Å². The first-order valence-electron chi connectivity index (χ1n) is 9.90. The summed E-state index contributed by atoms with van der Waals surface area (Å²) in [6.07, 6.45) is 2.97. The number of hydrogen-bond acceptors (Lipinski definition) is 8. The molecule has 1 N–H and O–H groups in total. The summed E-state index contributed by atoms with van der Waals surface area (Å²) in [5.41, 5.74) is 4.18. The fourth-order valence-corrected chi connectivity index (χ4v) is 3.69. The zero-order chi connectivity index (χ0) is 23.0. The summed E-state index contributed by atoms with van der Waals surface area (Å²) in [6, 6.07) is 18.6. The average molecular weight is 464 g/mol. The van der Waals surface area contributed by atoms with Gasteiger partial charge in [-0.1, -0.05) is 11.8 Å². The molecule has 0 aliphatic rings. The lowest BCUT2D eigenvalue weighted by Gasteiger charge is -2.11.